The van der Waals surface area contributed by atoms with Crippen LogP contribution < -0.4 is 5.32 Å². The van der Waals surface area contributed by atoms with Gasteiger partial charge in [0.25, 0.3) is 0 Å². The third-order valence-corrected chi connectivity index (χ3v) is 5.92. The molecule has 1 amide bonds. The van der Waals surface area contributed by atoms with Crippen LogP contribution in [0, 0.1) is 11.3 Å². The van der Waals surface area contributed by atoms with Crippen LogP contribution in [0.1, 0.15) is 23.5 Å². The van der Waals surface area contributed by atoms with Crippen LogP contribution >= 0.6 is 46.6 Å². The Bertz CT molecular complexity index is 919. The van der Waals surface area contributed by atoms with Crippen molar-refractivity contribution in [1.82, 2.24) is 5.32 Å². The maximum atomic E-state index is 12.2. The van der Waals surface area contributed by atoms with Gasteiger partial charge in [-0.05, 0) is 35.4 Å². The van der Waals surface area contributed by atoms with Crippen molar-refractivity contribution in [2.45, 2.75) is 18.1 Å². The van der Waals surface area contributed by atoms with Gasteiger partial charge in [-0.1, -0.05) is 53.0 Å². The monoisotopic (exact) mass is 422 g/mol. The number of benzene rings is 2. The van der Waals surface area contributed by atoms with Crippen molar-refractivity contribution in [3.63, 3.8) is 0 Å². The van der Waals surface area contributed by atoms with Crippen molar-refractivity contribution in [3.8, 4) is 6.07 Å². The Balaban J connectivity index is 1.88. The number of thioether (sulfide) groups is 1. The van der Waals surface area contributed by atoms with E-state index < -0.39 is 0 Å². The Labute approximate surface area is 170 Å². The zero-order valence-corrected chi connectivity index (χ0v) is 16.5. The Morgan fingerprint density at radius 1 is 1.12 bits per heavy atom. The quantitative estimate of drug-likeness (QED) is 0.664. The van der Waals surface area contributed by atoms with E-state index in [1.54, 1.807) is 24.3 Å². The average molecular weight is 424 g/mol. The number of allylic oxidation sites excluding steroid dienone is 1. The van der Waals surface area contributed by atoms with Gasteiger partial charge in [0.2, 0.25) is 5.91 Å². The van der Waals surface area contributed by atoms with Crippen LogP contribution in [0.25, 0.3) is 0 Å². The standard InChI is InChI=1S/C19H13Cl3N2OS/c20-13-4-1-11(2-5-13)15-8-18(25)24-19(16(15)9-23)26-10-12-3-6-14(21)7-17(12)22/h1-7,15H,8,10H2,(H,24,25)/t15-/m1/s1. The minimum absolute atomic E-state index is 0.117. The van der Waals surface area contributed by atoms with Gasteiger partial charge in [-0.25, -0.2) is 0 Å². The minimum Gasteiger partial charge on any atom is -0.320 e. The lowest BCUT2D eigenvalue weighted by molar-refractivity contribution is -0.120. The molecule has 0 saturated carbocycles. The molecular weight excluding hydrogens is 411 g/mol. The van der Waals surface area contributed by atoms with E-state index in [1.807, 2.05) is 18.2 Å². The number of nitriles is 1. The van der Waals surface area contributed by atoms with E-state index in [1.165, 1.54) is 11.8 Å². The van der Waals surface area contributed by atoms with Crippen LogP contribution in [-0.2, 0) is 10.5 Å². The van der Waals surface area contributed by atoms with E-state index in [4.69, 9.17) is 34.8 Å². The molecule has 0 fully saturated rings. The molecule has 0 radical (unpaired) electrons. The normalized spacial score (nSPS) is 17.0. The highest BCUT2D eigenvalue weighted by Gasteiger charge is 2.29. The molecule has 26 heavy (non-hydrogen) atoms. The van der Waals surface area contributed by atoms with E-state index in [0.717, 1.165) is 11.1 Å². The highest BCUT2D eigenvalue weighted by atomic mass is 35.5. The van der Waals surface area contributed by atoms with Gasteiger partial charge in [0.15, 0.2) is 0 Å². The number of carbonyl (C=O) groups is 1. The summed E-state index contributed by atoms with van der Waals surface area (Å²) in [6, 6.07) is 14.8. The van der Waals surface area contributed by atoms with Gasteiger partial charge in [0.05, 0.1) is 16.7 Å². The van der Waals surface area contributed by atoms with Crippen LogP contribution in [0.3, 0.4) is 0 Å². The SMILES string of the molecule is N#CC1=C(SCc2ccc(Cl)cc2Cl)NC(=O)C[C@@H]1c1ccc(Cl)cc1. The van der Waals surface area contributed by atoms with Gasteiger partial charge in [-0.3, -0.25) is 4.79 Å². The summed E-state index contributed by atoms with van der Waals surface area (Å²) in [5.41, 5.74) is 2.32. The molecule has 2 aromatic rings. The number of hydrogen-bond donors (Lipinski definition) is 1. The van der Waals surface area contributed by atoms with E-state index in [9.17, 15) is 10.1 Å². The fourth-order valence-corrected chi connectivity index (χ4v) is 4.46. The molecule has 0 aliphatic carbocycles. The topological polar surface area (TPSA) is 52.9 Å². The molecule has 0 aromatic heterocycles. The minimum atomic E-state index is -0.283. The smallest absolute Gasteiger partial charge is 0.225 e. The molecule has 3 nitrogen and oxygen atoms in total. The fraction of sp³-hybridized carbons (Fsp3) is 0.158. The third kappa shape index (κ3) is 4.36. The van der Waals surface area contributed by atoms with Crippen LogP contribution in [-0.4, -0.2) is 5.91 Å². The largest absolute Gasteiger partial charge is 0.320 e. The van der Waals surface area contributed by atoms with Gasteiger partial charge < -0.3 is 5.32 Å². The Hall–Kier alpha value is -1.64. The lowest BCUT2D eigenvalue weighted by Gasteiger charge is -2.25. The molecule has 0 unspecified atom stereocenters. The molecule has 0 bridgehead atoms. The van der Waals surface area contributed by atoms with Crippen molar-refractivity contribution < 1.29 is 4.79 Å². The lowest BCUT2D eigenvalue weighted by atomic mass is 9.87. The first-order chi connectivity index (χ1) is 12.5. The molecular formula is C19H13Cl3N2OS. The Morgan fingerprint density at radius 2 is 1.81 bits per heavy atom. The second kappa shape index (κ2) is 8.37. The van der Waals surface area contributed by atoms with Crippen LogP contribution in [0.2, 0.25) is 15.1 Å². The number of carbonyl (C=O) groups excluding carboxylic acids is 1. The highest BCUT2D eigenvalue weighted by Crippen LogP contribution is 2.38. The first-order valence-corrected chi connectivity index (χ1v) is 9.86. The average Bonchev–Trinajstić information content (AvgIpc) is 2.61. The third-order valence-electron chi connectivity index (χ3n) is 4.02. The summed E-state index contributed by atoms with van der Waals surface area (Å²) in [6.45, 7) is 0. The summed E-state index contributed by atoms with van der Waals surface area (Å²) >= 11 is 19.4. The number of rotatable bonds is 4. The van der Waals surface area contributed by atoms with Gasteiger partial charge >= 0.3 is 0 Å². The molecule has 1 aliphatic heterocycles. The number of nitrogens with one attached hydrogen (secondary N) is 1. The zero-order chi connectivity index (χ0) is 18.7. The molecule has 0 spiro atoms. The number of halogens is 3. The number of amides is 1. The Morgan fingerprint density at radius 3 is 2.46 bits per heavy atom. The van der Waals surface area contributed by atoms with E-state index in [-0.39, 0.29) is 18.2 Å². The molecule has 1 N–H and O–H groups in total. The second-order valence-corrected chi connectivity index (χ2v) is 8.00. The van der Waals surface area contributed by atoms with Crippen molar-refractivity contribution in [2.24, 2.45) is 0 Å². The summed E-state index contributed by atoms with van der Waals surface area (Å²) in [5.74, 6) is 0.118. The summed E-state index contributed by atoms with van der Waals surface area (Å²) in [4.78, 5) is 12.2. The second-order valence-electron chi connectivity index (χ2n) is 5.74. The van der Waals surface area contributed by atoms with Crippen LogP contribution in [0.5, 0.6) is 0 Å². The fourth-order valence-electron chi connectivity index (χ4n) is 2.70. The molecule has 7 heteroatoms. The van der Waals surface area contributed by atoms with Gasteiger partial charge in [-0.15, -0.1) is 11.8 Å². The lowest BCUT2D eigenvalue weighted by Crippen LogP contribution is -2.30. The van der Waals surface area contributed by atoms with Crippen molar-refractivity contribution >= 4 is 52.5 Å². The molecule has 1 heterocycles. The number of nitrogens with zero attached hydrogens (tertiary/aromatic N) is 1. The molecule has 132 valence electrons. The maximum absolute atomic E-state index is 12.2. The van der Waals surface area contributed by atoms with E-state index in [2.05, 4.69) is 11.4 Å². The highest BCUT2D eigenvalue weighted by molar-refractivity contribution is 8.02. The summed E-state index contributed by atoms with van der Waals surface area (Å²) in [5, 5.41) is 14.8. The Kier molecular flexibility index (Phi) is 6.16. The van der Waals surface area contributed by atoms with Gasteiger partial charge in [0.1, 0.15) is 0 Å². The van der Waals surface area contributed by atoms with Crippen LogP contribution in [0.4, 0.5) is 0 Å². The van der Waals surface area contributed by atoms with E-state index >= 15 is 0 Å². The van der Waals surface area contributed by atoms with Gasteiger partial charge in [0, 0.05) is 33.2 Å². The number of hydrogen-bond acceptors (Lipinski definition) is 3. The van der Waals surface area contributed by atoms with Gasteiger partial charge in [-0.2, -0.15) is 5.26 Å². The van der Waals surface area contributed by atoms with Crippen molar-refractivity contribution in [2.75, 3.05) is 0 Å². The molecule has 2 aromatic carbocycles. The molecule has 1 atom stereocenters. The molecule has 0 saturated heterocycles. The first-order valence-electron chi connectivity index (χ1n) is 7.74. The maximum Gasteiger partial charge on any atom is 0.225 e. The summed E-state index contributed by atoms with van der Waals surface area (Å²) < 4.78 is 0. The van der Waals surface area contributed by atoms with Crippen molar-refractivity contribution in [1.29, 1.82) is 5.26 Å². The summed E-state index contributed by atoms with van der Waals surface area (Å²) in [7, 11) is 0. The first kappa shape index (κ1) is 19.1. The molecule has 3 rings (SSSR count). The predicted molar refractivity (Wildman–Crippen MR) is 107 cm³/mol. The van der Waals surface area contributed by atoms with Crippen LogP contribution in [0.15, 0.2) is 53.1 Å². The van der Waals surface area contributed by atoms with Crippen molar-refractivity contribution in [3.05, 3.63) is 79.3 Å². The zero-order valence-electron chi connectivity index (χ0n) is 13.4. The van der Waals surface area contributed by atoms with E-state index in [0.29, 0.717) is 31.4 Å². The summed E-state index contributed by atoms with van der Waals surface area (Å²) in [6.07, 6.45) is 0.232. The molecule has 1 aliphatic rings. The predicted octanol–water partition coefficient (Wildman–Crippen LogP) is 5.92.